The predicted octanol–water partition coefficient (Wildman–Crippen LogP) is -1.96. The molecule has 5 amide bonds. The highest BCUT2D eigenvalue weighted by atomic mass is 16.2. The molecular weight excluding hydrogens is 406 g/mol. The lowest BCUT2D eigenvalue weighted by Crippen LogP contribution is -2.52. The minimum Gasteiger partial charge on any atom is -0.352 e. The van der Waals surface area contributed by atoms with E-state index in [1.54, 1.807) is 0 Å². The fraction of sp³-hybridized carbons (Fsp3) is 0.600. The van der Waals surface area contributed by atoms with Crippen molar-refractivity contribution >= 4 is 35.8 Å². The standard InChI is InChI=1S/C20H29N5O6/c26-12-14-9-21-18(29)10-23-20(31)15(8-13-4-2-1-3-5-13)25-19(30)11-22-16(27)6-7-17(28)24-14/h6-7,12-15H,1-5,8-11H2,(H,21,29)(H,22,27)(H,23,31)(H,24,28)(H,25,30)/b7-6-/t14-,15-/m0/s1. The molecule has 0 aromatic rings. The van der Waals surface area contributed by atoms with Gasteiger partial charge in [-0.05, 0) is 12.3 Å². The van der Waals surface area contributed by atoms with Gasteiger partial charge in [0.1, 0.15) is 18.4 Å². The van der Waals surface area contributed by atoms with Crippen LogP contribution in [0.4, 0.5) is 0 Å². The largest absolute Gasteiger partial charge is 0.352 e. The zero-order valence-electron chi connectivity index (χ0n) is 17.3. The Morgan fingerprint density at radius 3 is 2.19 bits per heavy atom. The summed E-state index contributed by atoms with van der Waals surface area (Å²) in [5.74, 6) is -2.71. The first kappa shape index (κ1) is 24.0. The van der Waals surface area contributed by atoms with Gasteiger partial charge in [-0.3, -0.25) is 24.0 Å². The summed E-state index contributed by atoms with van der Waals surface area (Å²) in [5.41, 5.74) is 0. The zero-order chi connectivity index (χ0) is 22.6. The van der Waals surface area contributed by atoms with Crippen LogP contribution in [0.2, 0.25) is 0 Å². The van der Waals surface area contributed by atoms with Crippen LogP contribution in [0.1, 0.15) is 38.5 Å². The molecule has 0 aromatic heterocycles. The molecule has 1 heterocycles. The minimum absolute atomic E-state index is 0.174. The van der Waals surface area contributed by atoms with E-state index in [4.69, 9.17) is 0 Å². The summed E-state index contributed by atoms with van der Waals surface area (Å²) in [6, 6.07) is -1.84. The van der Waals surface area contributed by atoms with Crippen molar-refractivity contribution in [3.63, 3.8) is 0 Å². The Hall–Kier alpha value is -3.24. The highest BCUT2D eigenvalue weighted by molar-refractivity contribution is 5.99. The number of amides is 5. The first-order valence-corrected chi connectivity index (χ1v) is 10.4. The van der Waals surface area contributed by atoms with E-state index in [2.05, 4.69) is 26.6 Å². The lowest BCUT2D eigenvalue weighted by Gasteiger charge is -2.26. The second-order valence-electron chi connectivity index (χ2n) is 7.68. The molecule has 0 radical (unpaired) electrons. The fourth-order valence-corrected chi connectivity index (χ4v) is 3.55. The second-order valence-corrected chi connectivity index (χ2v) is 7.68. The molecule has 2 aliphatic rings. The van der Waals surface area contributed by atoms with E-state index in [0.717, 1.165) is 44.3 Å². The Labute approximate surface area is 180 Å². The molecule has 0 saturated heterocycles. The van der Waals surface area contributed by atoms with Gasteiger partial charge < -0.3 is 31.4 Å². The van der Waals surface area contributed by atoms with Gasteiger partial charge in [0.2, 0.25) is 29.5 Å². The molecular formula is C20H29N5O6. The number of carbonyl (C=O) groups is 6. The van der Waals surface area contributed by atoms with Crippen LogP contribution >= 0.6 is 0 Å². The van der Waals surface area contributed by atoms with Crippen LogP contribution < -0.4 is 26.6 Å². The van der Waals surface area contributed by atoms with Crippen LogP contribution in [-0.4, -0.2) is 67.5 Å². The van der Waals surface area contributed by atoms with Gasteiger partial charge in [0, 0.05) is 18.7 Å². The van der Waals surface area contributed by atoms with Crippen LogP contribution in [0.5, 0.6) is 0 Å². The van der Waals surface area contributed by atoms with Gasteiger partial charge in [0.05, 0.1) is 13.1 Å². The summed E-state index contributed by atoms with van der Waals surface area (Å²) in [6.45, 7) is -0.894. The van der Waals surface area contributed by atoms with Crippen molar-refractivity contribution < 1.29 is 28.8 Å². The highest BCUT2D eigenvalue weighted by Crippen LogP contribution is 2.27. The highest BCUT2D eigenvalue weighted by Gasteiger charge is 2.26. The van der Waals surface area contributed by atoms with E-state index in [1.165, 1.54) is 0 Å². The van der Waals surface area contributed by atoms with Crippen molar-refractivity contribution in [2.24, 2.45) is 5.92 Å². The molecule has 31 heavy (non-hydrogen) atoms. The number of carbonyl (C=O) groups excluding carboxylic acids is 6. The molecule has 0 aromatic carbocycles. The Morgan fingerprint density at radius 1 is 0.806 bits per heavy atom. The van der Waals surface area contributed by atoms with Gasteiger partial charge >= 0.3 is 0 Å². The Kier molecular flexibility index (Phi) is 9.66. The first-order valence-electron chi connectivity index (χ1n) is 10.4. The second kappa shape index (κ2) is 12.5. The van der Waals surface area contributed by atoms with E-state index in [-0.39, 0.29) is 25.6 Å². The molecule has 1 saturated carbocycles. The number of hydrogen-bond acceptors (Lipinski definition) is 6. The average molecular weight is 435 g/mol. The molecule has 1 aliphatic heterocycles. The van der Waals surface area contributed by atoms with E-state index < -0.39 is 41.6 Å². The lowest BCUT2D eigenvalue weighted by molar-refractivity contribution is -0.131. The Bertz CT molecular complexity index is 732. The van der Waals surface area contributed by atoms with Crippen molar-refractivity contribution in [1.82, 2.24) is 26.6 Å². The maximum absolute atomic E-state index is 12.6. The molecule has 0 unspecified atom stereocenters. The van der Waals surface area contributed by atoms with Crippen LogP contribution in [0.25, 0.3) is 0 Å². The summed E-state index contributed by atoms with van der Waals surface area (Å²) >= 11 is 0. The normalized spacial score (nSPS) is 26.4. The van der Waals surface area contributed by atoms with E-state index in [1.807, 2.05) is 0 Å². The van der Waals surface area contributed by atoms with Crippen LogP contribution in [0, 0.1) is 5.92 Å². The molecule has 1 fully saturated rings. The lowest BCUT2D eigenvalue weighted by atomic mass is 9.84. The average Bonchev–Trinajstić information content (AvgIpc) is 2.77. The van der Waals surface area contributed by atoms with Crippen molar-refractivity contribution in [3.05, 3.63) is 12.2 Å². The maximum atomic E-state index is 12.6. The van der Waals surface area contributed by atoms with Crippen molar-refractivity contribution in [2.45, 2.75) is 50.6 Å². The van der Waals surface area contributed by atoms with E-state index in [9.17, 15) is 28.8 Å². The molecule has 11 heteroatoms. The van der Waals surface area contributed by atoms with Crippen molar-refractivity contribution in [3.8, 4) is 0 Å². The van der Waals surface area contributed by atoms with Gasteiger partial charge in [0.25, 0.3) is 0 Å². The molecule has 5 N–H and O–H groups in total. The molecule has 11 nitrogen and oxygen atoms in total. The monoisotopic (exact) mass is 435 g/mol. The molecule has 0 spiro atoms. The maximum Gasteiger partial charge on any atom is 0.244 e. The number of rotatable bonds is 3. The van der Waals surface area contributed by atoms with Crippen LogP contribution in [-0.2, 0) is 28.8 Å². The molecule has 1 aliphatic carbocycles. The van der Waals surface area contributed by atoms with Gasteiger partial charge in [-0.15, -0.1) is 0 Å². The smallest absolute Gasteiger partial charge is 0.244 e. The third kappa shape index (κ3) is 8.97. The molecule has 0 bridgehead atoms. The summed E-state index contributed by atoms with van der Waals surface area (Å²) in [7, 11) is 0. The van der Waals surface area contributed by atoms with Gasteiger partial charge in [0.15, 0.2) is 0 Å². The fourth-order valence-electron chi connectivity index (χ4n) is 3.55. The summed E-state index contributed by atoms with van der Waals surface area (Å²) in [5, 5.41) is 12.2. The van der Waals surface area contributed by atoms with Crippen molar-refractivity contribution in [2.75, 3.05) is 19.6 Å². The Morgan fingerprint density at radius 2 is 1.48 bits per heavy atom. The quantitative estimate of drug-likeness (QED) is 0.323. The van der Waals surface area contributed by atoms with E-state index in [0.29, 0.717) is 12.7 Å². The number of nitrogens with one attached hydrogen (secondary N) is 5. The summed E-state index contributed by atoms with van der Waals surface area (Å²) in [6.07, 6.45) is 7.96. The SMILES string of the molecule is O=C[C@@H]1CNC(=O)CNC(=O)[C@H](CC2CCCCC2)NC(=O)CNC(=O)/C=C\C(=O)N1. The Balaban J connectivity index is 2.08. The summed E-state index contributed by atoms with van der Waals surface area (Å²) < 4.78 is 0. The predicted molar refractivity (Wildman–Crippen MR) is 109 cm³/mol. The number of aldehydes is 1. The molecule has 170 valence electrons. The summed E-state index contributed by atoms with van der Waals surface area (Å²) in [4.78, 5) is 71.6. The van der Waals surface area contributed by atoms with Gasteiger partial charge in [-0.2, -0.15) is 0 Å². The van der Waals surface area contributed by atoms with Crippen LogP contribution in [0.3, 0.4) is 0 Å². The first-order chi connectivity index (χ1) is 14.9. The topological polar surface area (TPSA) is 163 Å². The third-order valence-electron chi connectivity index (χ3n) is 5.19. The van der Waals surface area contributed by atoms with Crippen LogP contribution in [0.15, 0.2) is 12.2 Å². The molecule has 2 rings (SSSR count). The molecule has 2 atom stereocenters. The zero-order valence-corrected chi connectivity index (χ0v) is 17.3. The van der Waals surface area contributed by atoms with E-state index >= 15 is 0 Å². The minimum atomic E-state index is -1.00. The number of hydrogen-bond donors (Lipinski definition) is 5. The van der Waals surface area contributed by atoms with Crippen molar-refractivity contribution in [1.29, 1.82) is 0 Å². The van der Waals surface area contributed by atoms with Gasteiger partial charge in [-0.25, -0.2) is 0 Å². The third-order valence-corrected chi connectivity index (χ3v) is 5.19. The van der Waals surface area contributed by atoms with Gasteiger partial charge in [-0.1, -0.05) is 32.1 Å².